The topological polar surface area (TPSA) is 53.0 Å². The van der Waals surface area contributed by atoms with Crippen molar-refractivity contribution < 1.29 is 0 Å². The third-order valence-electron chi connectivity index (χ3n) is 2.98. The minimum Gasteiger partial charge on any atom is -0.310 e. The van der Waals surface area contributed by atoms with Crippen molar-refractivity contribution in [3.63, 3.8) is 0 Å². The lowest BCUT2D eigenvalue weighted by Gasteiger charge is -2.25. The van der Waals surface area contributed by atoms with Crippen molar-refractivity contribution in [2.24, 2.45) is 5.73 Å². The average Bonchev–Trinajstić information content (AvgIpc) is 2.37. The molecule has 1 rings (SSSR count). The third-order valence-corrected chi connectivity index (χ3v) is 2.98. The van der Waals surface area contributed by atoms with E-state index in [-0.39, 0.29) is 0 Å². The van der Waals surface area contributed by atoms with Crippen molar-refractivity contribution in [2.75, 3.05) is 20.1 Å². The molecule has 0 fully saturated rings. The van der Waals surface area contributed by atoms with Crippen molar-refractivity contribution in [2.45, 2.75) is 25.3 Å². The highest BCUT2D eigenvalue weighted by molar-refractivity contribution is 5.30. The van der Waals surface area contributed by atoms with E-state index < -0.39 is 5.54 Å². The first-order valence-electron chi connectivity index (χ1n) is 6.06. The largest absolute Gasteiger partial charge is 0.310 e. The van der Waals surface area contributed by atoms with E-state index in [1.165, 1.54) is 0 Å². The van der Waals surface area contributed by atoms with Crippen molar-refractivity contribution in [3.8, 4) is 6.07 Å². The number of nitriles is 1. The number of benzene rings is 1. The maximum atomic E-state index is 9.29. The Hall–Kier alpha value is -1.37. The highest BCUT2D eigenvalue weighted by atomic mass is 15.1. The van der Waals surface area contributed by atoms with Crippen LogP contribution in [0.15, 0.2) is 30.3 Å². The fourth-order valence-corrected chi connectivity index (χ4v) is 1.86. The van der Waals surface area contributed by atoms with E-state index in [4.69, 9.17) is 5.73 Å². The van der Waals surface area contributed by atoms with Gasteiger partial charge >= 0.3 is 0 Å². The number of hydrogen-bond donors (Lipinski definition) is 1. The first-order valence-corrected chi connectivity index (χ1v) is 6.06. The van der Waals surface area contributed by atoms with Gasteiger partial charge in [0.25, 0.3) is 0 Å². The van der Waals surface area contributed by atoms with E-state index >= 15 is 0 Å². The van der Waals surface area contributed by atoms with Gasteiger partial charge in [0, 0.05) is 6.54 Å². The van der Waals surface area contributed by atoms with Crippen molar-refractivity contribution in [1.29, 1.82) is 5.26 Å². The van der Waals surface area contributed by atoms with Crippen LogP contribution in [-0.2, 0) is 5.54 Å². The monoisotopic (exact) mass is 231 g/mol. The van der Waals surface area contributed by atoms with Crippen molar-refractivity contribution in [3.05, 3.63) is 35.9 Å². The second-order valence-electron chi connectivity index (χ2n) is 4.50. The van der Waals surface area contributed by atoms with Gasteiger partial charge in [0.2, 0.25) is 0 Å². The zero-order valence-corrected chi connectivity index (χ0v) is 10.7. The predicted octanol–water partition coefficient (Wildman–Crippen LogP) is 2.10. The van der Waals surface area contributed by atoms with E-state index in [9.17, 15) is 5.26 Å². The third kappa shape index (κ3) is 3.85. The zero-order chi connectivity index (χ0) is 12.7. The molecule has 0 aliphatic rings. The van der Waals surface area contributed by atoms with Gasteiger partial charge in [-0.2, -0.15) is 5.26 Å². The van der Waals surface area contributed by atoms with Crippen LogP contribution in [0.4, 0.5) is 0 Å². The summed E-state index contributed by atoms with van der Waals surface area (Å²) in [6, 6.07) is 11.9. The van der Waals surface area contributed by atoms with E-state index in [1.807, 2.05) is 30.3 Å². The molecule has 0 amide bonds. The molecule has 0 aliphatic heterocycles. The Kier molecular flexibility index (Phi) is 5.14. The molecular weight excluding hydrogens is 210 g/mol. The normalized spacial score (nSPS) is 14.3. The second-order valence-corrected chi connectivity index (χ2v) is 4.50. The van der Waals surface area contributed by atoms with E-state index in [0.29, 0.717) is 6.42 Å². The fraction of sp³-hybridized carbons (Fsp3) is 0.500. The predicted molar refractivity (Wildman–Crippen MR) is 70.3 cm³/mol. The first kappa shape index (κ1) is 13.7. The Morgan fingerprint density at radius 1 is 1.29 bits per heavy atom. The summed E-state index contributed by atoms with van der Waals surface area (Å²) in [5.74, 6) is 0. The molecular formula is C14H21N3. The molecule has 0 saturated carbocycles. The van der Waals surface area contributed by atoms with Crippen LogP contribution in [0.25, 0.3) is 0 Å². The number of nitrogens with zero attached hydrogens (tertiary/aromatic N) is 2. The van der Waals surface area contributed by atoms with Crippen LogP contribution in [0.5, 0.6) is 0 Å². The second kappa shape index (κ2) is 6.39. The molecule has 1 atom stereocenters. The molecule has 0 bridgehead atoms. The molecule has 1 unspecified atom stereocenters. The van der Waals surface area contributed by atoms with Crippen LogP contribution < -0.4 is 5.73 Å². The number of nitrogens with two attached hydrogens (primary N) is 1. The molecule has 0 aromatic heterocycles. The Morgan fingerprint density at radius 3 is 2.47 bits per heavy atom. The van der Waals surface area contributed by atoms with Crippen LogP contribution >= 0.6 is 0 Å². The van der Waals surface area contributed by atoms with Crippen molar-refractivity contribution >= 4 is 0 Å². The number of rotatable bonds is 6. The minimum absolute atomic E-state index is 0.657. The lowest BCUT2D eigenvalue weighted by molar-refractivity contribution is 0.303. The van der Waals surface area contributed by atoms with Gasteiger partial charge in [-0.1, -0.05) is 37.3 Å². The highest BCUT2D eigenvalue weighted by Crippen LogP contribution is 2.21. The molecule has 1 aromatic carbocycles. The van der Waals surface area contributed by atoms with Crippen LogP contribution in [0.2, 0.25) is 0 Å². The SMILES string of the molecule is CCCN(C)CCC(N)(C#N)c1ccccc1. The molecule has 3 nitrogen and oxygen atoms in total. The van der Waals surface area contributed by atoms with Crippen LogP contribution in [0.3, 0.4) is 0 Å². The molecule has 2 N–H and O–H groups in total. The molecule has 0 spiro atoms. The Labute approximate surface area is 104 Å². The number of hydrogen-bond acceptors (Lipinski definition) is 3. The van der Waals surface area contributed by atoms with Gasteiger partial charge in [-0.15, -0.1) is 0 Å². The lowest BCUT2D eigenvalue weighted by Crippen LogP contribution is -2.38. The van der Waals surface area contributed by atoms with Crippen LogP contribution in [0, 0.1) is 11.3 Å². The Morgan fingerprint density at radius 2 is 1.94 bits per heavy atom. The lowest BCUT2D eigenvalue weighted by atomic mass is 9.89. The maximum absolute atomic E-state index is 9.29. The summed E-state index contributed by atoms with van der Waals surface area (Å²) >= 11 is 0. The van der Waals surface area contributed by atoms with Gasteiger partial charge < -0.3 is 10.6 Å². The zero-order valence-electron chi connectivity index (χ0n) is 10.7. The van der Waals surface area contributed by atoms with Gasteiger partial charge in [-0.3, -0.25) is 0 Å². The molecule has 0 aliphatic carbocycles. The van der Waals surface area contributed by atoms with Gasteiger partial charge in [-0.05, 0) is 32.0 Å². The Bertz CT molecular complexity index is 369. The molecule has 3 heteroatoms. The molecule has 0 saturated heterocycles. The molecule has 92 valence electrons. The summed E-state index contributed by atoms with van der Waals surface area (Å²) in [5, 5.41) is 9.29. The highest BCUT2D eigenvalue weighted by Gasteiger charge is 2.26. The fourth-order valence-electron chi connectivity index (χ4n) is 1.86. The molecule has 0 heterocycles. The van der Waals surface area contributed by atoms with E-state index in [0.717, 1.165) is 25.1 Å². The summed E-state index contributed by atoms with van der Waals surface area (Å²) in [6.07, 6.45) is 1.77. The summed E-state index contributed by atoms with van der Waals surface area (Å²) < 4.78 is 0. The molecule has 1 aromatic rings. The minimum atomic E-state index is -0.872. The van der Waals surface area contributed by atoms with Crippen LogP contribution in [-0.4, -0.2) is 25.0 Å². The summed E-state index contributed by atoms with van der Waals surface area (Å²) in [6.45, 7) is 4.02. The van der Waals surface area contributed by atoms with Gasteiger partial charge in [0.15, 0.2) is 0 Å². The smallest absolute Gasteiger partial charge is 0.131 e. The first-order chi connectivity index (χ1) is 8.12. The van der Waals surface area contributed by atoms with Gasteiger partial charge in [0.05, 0.1) is 6.07 Å². The average molecular weight is 231 g/mol. The van der Waals surface area contributed by atoms with Gasteiger partial charge in [0.1, 0.15) is 5.54 Å². The van der Waals surface area contributed by atoms with Crippen LogP contribution in [0.1, 0.15) is 25.3 Å². The van der Waals surface area contributed by atoms with Crippen molar-refractivity contribution in [1.82, 2.24) is 4.90 Å². The quantitative estimate of drug-likeness (QED) is 0.815. The Balaban J connectivity index is 2.68. The molecule has 17 heavy (non-hydrogen) atoms. The standard InChI is InChI=1S/C14H21N3/c1-3-10-17(2)11-9-14(16,12-15)13-7-5-4-6-8-13/h4-8H,3,9-11,16H2,1-2H3. The van der Waals surface area contributed by atoms with Gasteiger partial charge in [-0.25, -0.2) is 0 Å². The summed E-state index contributed by atoms with van der Waals surface area (Å²) in [7, 11) is 2.06. The van der Waals surface area contributed by atoms with E-state index in [1.54, 1.807) is 0 Å². The summed E-state index contributed by atoms with van der Waals surface area (Å²) in [5.41, 5.74) is 6.20. The summed E-state index contributed by atoms with van der Waals surface area (Å²) in [4.78, 5) is 2.21. The van der Waals surface area contributed by atoms with E-state index in [2.05, 4.69) is 24.9 Å². The maximum Gasteiger partial charge on any atom is 0.131 e. The molecule has 0 radical (unpaired) electrons.